The third-order valence-corrected chi connectivity index (χ3v) is 7.05. The minimum atomic E-state index is -0.387. The van der Waals surface area contributed by atoms with Gasteiger partial charge in [-0.2, -0.15) is 0 Å². The molecule has 0 aliphatic carbocycles. The van der Waals surface area contributed by atoms with Crippen molar-refractivity contribution in [3.8, 4) is 0 Å². The van der Waals surface area contributed by atoms with E-state index >= 15 is 0 Å². The van der Waals surface area contributed by atoms with Gasteiger partial charge in [0, 0.05) is 25.3 Å². The number of nitrogens with one attached hydrogen (secondary N) is 1. The van der Waals surface area contributed by atoms with E-state index in [1.54, 1.807) is 17.0 Å². The highest BCUT2D eigenvalue weighted by atomic mass is 32.2. The second kappa shape index (κ2) is 10.0. The van der Waals surface area contributed by atoms with Crippen LogP contribution in [0.5, 0.6) is 0 Å². The summed E-state index contributed by atoms with van der Waals surface area (Å²) < 4.78 is 13.7. The third-order valence-electron chi connectivity index (χ3n) is 5.01. The van der Waals surface area contributed by atoms with Gasteiger partial charge in [0.2, 0.25) is 16.9 Å². The fourth-order valence-electron chi connectivity index (χ4n) is 3.32. The summed E-state index contributed by atoms with van der Waals surface area (Å²) in [6.07, 6.45) is 0.984. The molecule has 6 nitrogen and oxygen atoms in total. The van der Waals surface area contributed by atoms with Crippen molar-refractivity contribution < 1.29 is 14.0 Å². The number of amides is 2. The first-order chi connectivity index (χ1) is 15.1. The zero-order valence-electron chi connectivity index (χ0n) is 16.7. The van der Waals surface area contributed by atoms with Crippen LogP contribution in [0.2, 0.25) is 0 Å². The maximum absolute atomic E-state index is 13.0. The Labute approximate surface area is 187 Å². The van der Waals surface area contributed by atoms with Gasteiger partial charge in [0.15, 0.2) is 4.34 Å². The zero-order chi connectivity index (χ0) is 21.6. The minimum Gasteiger partial charge on any atom is -0.342 e. The summed E-state index contributed by atoms with van der Waals surface area (Å²) in [5.74, 6) is -0.219. The fraction of sp³-hybridized carbons (Fsp3) is 0.273. The molecule has 1 atom stereocenters. The van der Waals surface area contributed by atoms with Gasteiger partial charge in [0.1, 0.15) is 5.82 Å². The molecule has 1 aliphatic rings. The van der Waals surface area contributed by atoms with E-state index in [1.807, 2.05) is 30.3 Å². The van der Waals surface area contributed by atoms with E-state index in [-0.39, 0.29) is 30.0 Å². The van der Waals surface area contributed by atoms with Gasteiger partial charge in [-0.15, -0.1) is 10.2 Å². The fourth-order valence-corrected chi connectivity index (χ4v) is 5.04. The average Bonchev–Trinajstić information content (AvgIpc) is 3.39. The Hall–Kier alpha value is -2.78. The largest absolute Gasteiger partial charge is 0.342 e. The number of likely N-dealkylation sites (tertiary alicyclic amines) is 1. The third kappa shape index (κ3) is 5.89. The summed E-state index contributed by atoms with van der Waals surface area (Å²) >= 11 is 2.76. The average molecular weight is 457 g/mol. The van der Waals surface area contributed by atoms with Crippen LogP contribution in [0.1, 0.15) is 17.5 Å². The van der Waals surface area contributed by atoms with Crippen LogP contribution in [0.4, 0.5) is 9.52 Å². The number of nitrogens with zero attached hydrogens (tertiary/aromatic N) is 3. The van der Waals surface area contributed by atoms with Crippen LogP contribution in [-0.2, 0) is 21.8 Å². The molecule has 1 N–H and O–H groups in total. The highest BCUT2D eigenvalue weighted by Gasteiger charge is 2.34. The van der Waals surface area contributed by atoms with Gasteiger partial charge in [0.05, 0.1) is 5.92 Å². The van der Waals surface area contributed by atoms with Gasteiger partial charge >= 0.3 is 0 Å². The number of hydrogen-bond donors (Lipinski definition) is 1. The van der Waals surface area contributed by atoms with Crippen LogP contribution in [0.3, 0.4) is 0 Å². The Morgan fingerprint density at radius 2 is 1.90 bits per heavy atom. The molecule has 0 radical (unpaired) electrons. The SMILES string of the molecule is O=C(Nc1nnc(SCc2ccc(F)cc2)s1)[C@@H]1CC(=O)N(CCc2ccccc2)C1. The molecule has 2 aromatic carbocycles. The van der Waals surface area contributed by atoms with E-state index in [0.29, 0.717) is 28.3 Å². The molecule has 1 saturated heterocycles. The summed E-state index contributed by atoms with van der Waals surface area (Å²) in [5.41, 5.74) is 2.15. The molecule has 4 rings (SSSR count). The number of thioether (sulfide) groups is 1. The van der Waals surface area contributed by atoms with Gasteiger partial charge in [0.25, 0.3) is 0 Å². The molecule has 0 bridgehead atoms. The number of hydrogen-bond acceptors (Lipinski definition) is 6. The second-order valence-electron chi connectivity index (χ2n) is 7.25. The van der Waals surface area contributed by atoms with Crippen LogP contribution < -0.4 is 5.32 Å². The molecule has 0 saturated carbocycles. The Kier molecular flexibility index (Phi) is 6.93. The molecule has 2 amide bonds. The van der Waals surface area contributed by atoms with Crippen LogP contribution in [0, 0.1) is 11.7 Å². The molecule has 0 spiro atoms. The molecular formula is C22H21FN4O2S2. The molecule has 9 heteroatoms. The van der Waals surface area contributed by atoms with E-state index < -0.39 is 0 Å². The van der Waals surface area contributed by atoms with Gasteiger partial charge in [-0.3, -0.25) is 9.59 Å². The van der Waals surface area contributed by atoms with E-state index in [4.69, 9.17) is 0 Å². The molecule has 1 aliphatic heterocycles. The van der Waals surface area contributed by atoms with Crippen molar-refractivity contribution in [1.29, 1.82) is 0 Å². The van der Waals surface area contributed by atoms with E-state index in [9.17, 15) is 14.0 Å². The van der Waals surface area contributed by atoms with Gasteiger partial charge in [-0.25, -0.2) is 4.39 Å². The standard InChI is InChI=1S/C22H21FN4O2S2/c23-18-8-6-16(7-9-18)14-30-22-26-25-21(31-22)24-20(29)17-12-19(28)27(13-17)11-10-15-4-2-1-3-5-15/h1-9,17H,10-14H2,(H,24,25,29)/t17-/m1/s1. The Morgan fingerprint density at radius 1 is 1.13 bits per heavy atom. The lowest BCUT2D eigenvalue weighted by molar-refractivity contribution is -0.128. The number of carbonyl (C=O) groups is 2. The lowest BCUT2D eigenvalue weighted by atomic mass is 10.1. The number of aromatic nitrogens is 2. The molecule has 2 heterocycles. The van der Waals surface area contributed by atoms with Crippen molar-refractivity contribution >= 4 is 40.0 Å². The van der Waals surface area contributed by atoms with Crippen LogP contribution in [0.25, 0.3) is 0 Å². The Balaban J connectivity index is 1.25. The molecule has 0 unspecified atom stereocenters. The predicted molar refractivity (Wildman–Crippen MR) is 119 cm³/mol. The predicted octanol–water partition coefficient (Wildman–Crippen LogP) is 4.00. The minimum absolute atomic E-state index is 0.00360. The van der Waals surface area contributed by atoms with Crippen molar-refractivity contribution in [2.24, 2.45) is 5.92 Å². The van der Waals surface area contributed by atoms with Crippen LogP contribution >= 0.6 is 23.1 Å². The topological polar surface area (TPSA) is 75.2 Å². The number of rotatable bonds is 8. The van der Waals surface area contributed by atoms with E-state index in [2.05, 4.69) is 15.5 Å². The first-order valence-corrected chi connectivity index (χ1v) is 11.7. The number of benzene rings is 2. The molecule has 31 heavy (non-hydrogen) atoms. The van der Waals surface area contributed by atoms with Crippen molar-refractivity contribution in [2.75, 3.05) is 18.4 Å². The number of anilines is 1. The number of carbonyl (C=O) groups excluding carboxylic acids is 2. The number of halogens is 1. The molecule has 1 fully saturated rings. The van der Waals surface area contributed by atoms with Gasteiger partial charge in [-0.05, 0) is 29.7 Å². The zero-order valence-corrected chi connectivity index (χ0v) is 18.3. The van der Waals surface area contributed by atoms with Gasteiger partial charge < -0.3 is 10.2 Å². The molecule has 160 valence electrons. The lowest BCUT2D eigenvalue weighted by Gasteiger charge is -2.16. The monoisotopic (exact) mass is 456 g/mol. The highest BCUT2D eigenvalue weighted by Crippen LogP contribution is 2.29. The van der Waals surface area contributed by atoms with Crippen molar-refractivity contribution in [2.45, 2.75) is 22.9 Å². The summed E-state index contributed by atoms with van der Waals surface area (Å²) in [4.78, 5) is 26.7. The molecule has 1 aromatic heterocycles. The van der Waals surface area contributed by atoms with Crippen molar-refractivity contribution in [3.63, 3.8) is 0 Å². The summed E-state index contributed by atoms with van der Waals surface area (Å²) in [7, 11) is 0. The summed E-state index contributed by atoms with van der Waals surface area (Å²) in [6, 6.07) is 16.3. The highest BCUT2D eigenvalue weighted by molar-refractivity contribution is 8.00. The lowest BCUT2D eigenvalue weighted by Crippen LogP contribution is -2.30. The maximum atomic E-state index is 13.0. The first-order valence-electron chi connectivity index (χ1n) is 9.90. The summed E-state index contributed by atoms with van der Waals surface area (Å²) in [5, 5.41) is 11.3. The maximum Gasteiger partial charge on any atom is 0.231 e. The summed E-state index contributed by atoms with van der Waals surface area (Å²) in [6.45, 7) is 1.03. The molecular weight excluding hydrogens is 435 g/mol. The first kappa shape index (κ1) is 21.5. The Bertz CT molecular complexity index is 1040. The van der Waals surface area contributed by atoms with E-state index in [0.717, 1.165) is 12.0 Å². The quantitative estimate of drug-likeness (QED) is 0.410. The van der Waals surface area contributed by atoms with Crippen molar-refractivity contribution in [3.05, 3.63) is 71.5 Å². The normalized spacial score (nSPS) is 16.0. The van der Waals surface area contributed by atoms with E-state index in [1.165, 1.54) is 40.8 Å². The van der Waals surface area contributed by atoms with Gasteiger partial charge in [-0.1, -0.05) is 65.6 Å². The van der Waals surface area contributed by atoms with Crippen LogP contribution in [0.15, 0.2) is 58.9 Å². The molecule has 3 aromatic rings. The Morgan fingerprint density at radius 3 is 2.68 bits per heavy atom. The van der Waals surface area contributed by atoms with Crippen molar-refractivity contribution in [1.82, 2.24) is 15.1 Å². The van der Waals surface area contributed by atoms with Crippen LogP contribution in [-0.4, -0.2) is 40.0 Å². The second-order valence-corrected chi connectivity index (χ2v) is 9.45. The smallest absolute Gasteiger partial charge is 0.231 e.